The minimum absolute atomic E-state index is 0.0120. The van der Waals surface area contributed by atoms with E-state index < -0.39 is 4.92 Å². The molecule has 0 aliphatic rings. The quantitative estimate of drug-likeness (QED) is 0.489. The van der Waals surface area contributed by atoms with Gasteiger partial charge in [-0.1, -0.05) is 18.2 Å². The Morgan fingerprint density at radius 2 is 1.96 bits per heavy atom. The van der Waals surface area contributed by atoms with Gasteiger partial charge in [-0.15, -0.1) is 11.3 Å². The third-order valence-electron chi connectivity index (χ3n) is 3.76. The van der Waals surface area contributed by atoms with Crippen molar-refractivity contribution in [2.75, 3.05) is 5.32 Å². The average molecular weight is 383 g/mol. The van der Waals surface area contributed by atoms with Crippen LogP contribution >= 0.6 is 11.3 Å². The summed E-state index contributed by atoms with van der Waals surface area (Å²) in [6, 6.07) is 13.4. The number of para-hydroxylation sites is 1. The molecule has 27 heavy (non-hydrogen) atoms. The SMILES string of the molecule is Cc1ccccc1NC(=O)Cc1nc(COc2ccc([N+](=O)[O-])cc2)cs1. The number of aromatic nitrogens is 1. The van der Waals surface area contributed by atoms with Gasteiger partial charge in [-0.25, -0.2) is 4.98 Å². The van der Waals surface area contributed by atoms with Crippen LogP contribution in [0.3, 0.4) is 0 Å². The van der Waals surface area contributed by atoms with Crippen LogP contribution in [-0.2, 0) is 17.8 Å². The van der Waals surface area contributed by atoms with E-state index in [1.165, 1.54) is 23.5 Å². The molecule has 0 fully saturated rings. The van der Waals surface area contributed by atoms with E-state index in [-0.39, 0.29) is 24.6 Å². The number of nitrogens with zero attached hydrogens (tertiary/aromatic N) is 2. The van der Waals surface area contributed by atoms with Gasteiger partial charge in [0.2, 0.25) is 5.91 Å². The molecule has 0 unspecified atom stereocenters. The number of nitrogens with one attached hydrogen (secondary N) is 1. The predicted molar refractivity (Wildman–Crippen MR) is 103 cm³/mol. The van der Waals surface area contributed by atoms with E-state index in [0.29, 0.717) is 16.5 Å². The van der Waals surface area contributed by atoms with Crippen LogP contribution in [0.1, 0.15) is 16.3 Å². The van der Waals surface area contributed by atoms with Crippen LogP contribution in [0.5, 0.6) is 5.75 Å². The van der Waals surface area contributed by atoms with Crippen molar-refractivity contribution >= 4 is 28.6 Å². The Balaban J connectivity index is 1.53. The first kappa shape index (κ1) is 18.5. The fourth-order valence-electron chi connectivity index (χ4n) is 2.36. The maximum atomic E-state index is 12.2. The molecule has 8 heteroatoms. The van der Waals surface area contributed by atoms with Gasteiger partial charge in [0, 0.05) is 23.2 Å². The average Bonchev–Trinajstić information content (AvgIpc) is 3.09. The van der Waals surface area contributed by atoms with Gasteiger partial charge in [0.05, 0.1) is 17.0 Å². The summed E-state index contributed by atoms with van der Waals surface area (Å²) in [6.07, 6.45) is 0.191. The van der Waals surface area contributed by atoms with Crippen LogP contribution in [0, 0.1) is 17.0 Å². The van der Waals surface area contributed by atoms with Gasteiger partial charge < -0.3 is 10.1 Å². The van der Waals surface area contributed by atoms with Gasteiger partial charge in [0.15, 0.2) is 0 Å². The molecule has 0 saturated heterocycles. The number of rotatable bonds is 7. The Labute approximate surface area is 159 Å². The van der Waals surface area contributed by atoms with Gasteiger partial charge in [0.1, 0.15) is 17.4 Å². The van der Waals surface area contributed by atoms with Crippen molar-refractivity contribution in [1.82, 2.24) is 4.98 Å². The van der Waals surface area contributed by atoms with Crippen LogP contribution in [0.4, 0.5) is 11.4 Å². The number of benzene rings is 2. The summed E-state index contributed by atoms with van der Waals surface area (Å²) < 4.78 is 5.58. The van der Waals surface area contributed by atoms with Gasteiger partial charge in [0.25, 0.3) is 5.69 Å². The van der Waals surface area contributed by atoms with Crippen LogP contribution in [-0.4, -0.2) is 15.8 Å². The summed E-state index contributed by atoms with van der Waals surface area (Å²) in [5, 5.41) is 16.1. The first-order valence-corrected chi connectivity index (χ1v) is 9.05. The maximum absolute atomic E-state index is 12.2. The van der Waals surface area contributed by atoms with E-state index >= 15 is 0 Å². The molecular weight excluding hydrogens is 366 g/mol. The van der Waals surface area contributed by atoms with E-state index in [1.807, 2.05) is 36.6 Å². The molecule has 0 radical (unpaired) electrons. The zero-order valence-corrected chi connectivity index (χ0v) is 15.4. The zero-order chi connectivity index (χ0) is 19.2. The molecule has 1 heterocycles. The molecular formula is C19H17N3O4S. The predicted octanol–water partition coefficient (Wildman–Crippen LogP) is 4.12. The lowest BCUT2D eigenvalue weighted by Gasteiger charge is -2.06. The molecule has 0 atom stereocenters. The monoisotopic (exact) mass is 383 g/mol. The number of hydrogen-bond donors (Lipinski definition) is 1. The Hall–Kier alpha value is -3.26. The van der Waals surface area contributed by atoms with Crippen molar-refractivity contribution in [1.29, 1.82) is 0 Å². The Kier molecular flexibility index (Phi) is 5.77. The topological polar surface area (TPSA) is 94.4 Å². The second-order valence-electron chi connectivity index (χ2n) is 5.81. The molecule has 2 aromatic carbocycles. The van der Waals surface area contributed by atoms with E-state index in [4.69, 9.17) is 4.74 Å². The molecule has 7 nitrogen and oxygen atoms in total. The summed E-state index contributed by atoms with van der Waals surface area (Å²) in [6.45, 7) is 2.17. The van der Waals surface area contributed by atoms with Crippen LogP contribution < -0.4 is 10.1 Å². The number of non-ortho nitro benzene ring substituents is 1. The van der Waals surface area contributed by atoms with E-state index in [0.717, 1.165) is 11.3 Å². The lowest BCUT2D eigenvalue weighted by atomic mass is 10.2. The number of carbonyl (C=O) groups is 1. The Morgan fingerprint density at radius 3 is 2.67 bits per heavy atom. The number of hydrogen-bond acceptors (Lipinski definition) is 6. The zero-order valence-electron chi connectivity index (χ0n) is 14.5. The van der Waals surface area contributed by atoms with Gasteiger partial charge in [-0.2, -0.15) is 0 Å². The summed E-state index contributed by atoms with van der Waals surface area (Å²) >= 11 is 1.39. The lowest BCUT2D eigenvalue weighted by molar-refractivity contribution is -0.384. The molecule has 0 bridgehead atoms. The third kappa shape index (κ3) is 5.11. The van der Waals surface area contributed by atoms with E-state index in [2.05, 4.69) is 10.3 Å². The molecule has 0 spiro atoms. The first-order valence-electron chi connectivity index (χ1n) is 8.17. The number of thiazole rings is 1. The number of amides is 1. The molecule has 1 aromatic heterocycles. The Morgan fingerprint density at radius 1 is 1.22 bits per heavy atom. The van der Waals surface area contributed by atoms with Gasteiger partial charge in [-0.3, -0.25) is 14.9 Å². The van der Waals surface area contributed by atoms with Gasteiger partial charge in [-0.05, 0) is 30.7 Å². The highest BCUT2D eigenvalue weighted by Gasteiger charge is 2.10. The highest BCUT2D eigenvalue weighted by atomic mass is 32.1. The lowest BCUT2D eigenvalue weighted by Crippen LogP contribution is -2.15. The fourth-order valence-corrected chi connectivity index (χ4v) is 3.14. The second-order valence-corrected chi connectivity index (χ2v) is 6.75. The number of nitro benzene ring substituents is 1. The van der Waals surface area contributed by atoms with Crippen molar-refractivity contribution in [3.63, 3.8) is 0 Å². The van der Waals surface area contributed by atoms with Gasteiger partial charge >= 0.3 is 0 Å². The summed E-state index contributed by atoms with van der Waals surface area (Å²) in [7, 11) is 0. The molecule has 1 amide bonds. The molecule has 1 N–H and O–H groups in total. The largest absolute Gasteiger partial charge is 0.487 e. The number of aryl methyl sites for hydroxylation is 1. The number of carbonyl (C=O) groups excluding carboxylic acids is 1. The smallest absolute Gasteiger partial charge is 0.269 e. The molecule has 0 aliphatic carbocycles. The molecule has 0 saturated carbocycles. The first-order chi connectivity index (χ1) is 13.0. The maximum Gasteiger partial charge on any atom is 0.269 e. The summed E-state index contributed by atoms with van der Waals surface area (Å²) in [5.74, 6) is 0.397. The van der Waals surface area contributed by atoms with Crippen LogP contribution in [0.25, 0.3) is 0 Å². The summed E-state index contributed by atoms with van der Waals surface area (Å²) in [4.78, 5) is 26.8. The minimum atomic E-state index is -0.460. The highest BCUT2D eigenvalue weighted by molar-refractivity contribution is 7.09. The number of anilines is 1. The minimum Gasteiger partial charge on any atom is -0.487 e. The van der Waals surface area contributed by atoms with Crippen molar-refractivity contribution in [3.8, 4) is 5.75 Å². The van der Waals surface area contributed by atoms with Crippen molar-refractivity contribution in [3.05, 3.63) is 80.3 Å². The molecule has 3 rings (SSSR count). The van der Waals surface area contributed by atoms with Crippen molar-refractivity contribution in [2.45, 2.75) is 20.0 Å². The fraction of sp³-hybridized carbons (Fsp3) is 0.158. The van der Waals surface area contributed by atoms with Crippen molar-refractivity contribution < 1.29 is 14.5 Å². The normalized spacial score (nSPS) is 10.4. The number of nitro groups is 1. The second kappa shape index (κ2) is 8.41. The standard InChI is InChI=1S/C19H17N3O4S/c1-13-4-2-3-5-17(13)21-18(23)10-19-20-14(12-27-19)11-26-16-8-6-15(7-9-16)22(24)25/h2-9,12H,10-11H2,1H3,(H,21,23). The number of ether oxygens (including phenoxy) is 1. The molecule has 0 aliphatic heterocycles. The molecule has 3 aromatic rings. The van der Waals surface area contributed by atoms with Crippen LogP contribution in [0.15, 0.2) is 53.9 Å². The van der Waals surface area contributed by atoms with E-state index in [1.54, 1.807) is 12.1 Å². The third-order valence-corrected chi connectivity index (χ3v) is 4.66. The van der Waals surface area contributed by atoms with Crippen molar-refractivity contribution in [2.24, 2.45) is 0 Å². The highest BCUT2D eigenvalue weighted by Crippen LogP contribution is 2.19. The van der Waals surface area contributed by atoms with E-state index in [9.17, 15) is 14.9 Å². The van der Waals surface area contributed by atoms with Crippen LogP contribution in [0.2, 0.25) is 0 Å². The summed E-state index contributed by atoms with van der Waals surface area (Å²) in [5.41, 5.74) is 2.51. The Bertz CT molecular complexity index is 954. The molecule has 138 valence electrons.